The molecular weight excluding hydrogens is 302 g/mol. The third-order valence-corrected chi connectivity index (χ3v) is 3.25. The molecule has 0 saturated heterocycles. The summed E-state index contributed by atoms with van der Waals surface area (Å²) < 4.78 is 7.68. The smallest absolute Gasteiger partial charge is 0.213 e. The normalized spacial score (nSPS) is 11.6. The number of pyridine rings is 1. The van der Waals surface area contributed by atoms with Gasteiger partial charge in [-0.05, 0) is 38.5 Å². The van der Waals surface area contributed by atoms with Gasteiger partial charge in [-0.2, -0.15) is 0 Å². The molecule has 2 N–H and O–H groups in total. The number of nitrogens with zero attached hydrogens (tertiary/aromatic N) is 3. The van der Waals surface area contributed by atoms with Gasteiger partial charge in [0.25, 0.3) is 0 Å². The van der Waals surface area contributed by atoms with Crippen molar-refractivity contribution >= 4 is 5.96 Å². The summed E-state index contributed by atoms with van der Waals surface area (Å²) in [5, 5.41) is 6.59. The quantitative estimate of drug-likeness (QED) is 0.577. The van der Waals surface area contributed by atoms with Crippen molar-refractivity contribution in [2.45, 2.75) is 40.0 Å². The van der Waals surface area contributed by atoms with Crippen LogP contribution in [0.4, 0.5) is 0 Å². The maximum atomic E-state index is 5.55. The van der Waals surface area contributed by atoms with Crippen LogP contribution in [0.25, 0.3) is 0 Å². The fraction of sp³-hybridized carbons (Fsp3) is 0.444. The van der Waals surface area contributed by atoms with E-state index in [0.717, 1.165) is 31.2 Å². The van der Waals surface area contributed by atoms with Crippen molar-refractivity contribution in [1.82, 2.24) is 20.2 Å². The molecule has 6 heteroatoms. The van der Waals surface area contributed by atoms with Crippen molar-refractivity contribution in [2.75, 3.05) is 13.1 Å². The number of hydrogen-bond acceptors (Lipinski definition) is 3. The third-order valence-electron chi connectivity index (χ3n) is 3.25. The van der Waals surface area contributed by atoms with E-state index in [0.29, 0.717) is 12.4 Å². The standard InChI is InChI=1S/C18H27N5O/c1-4-19-18(20-9-12-23-10-5-6-11-23)22-14-16-7-8-17(21-13-16)24-15(2)3/h5-8,10-11,13,15H,4,9,12,14H2,1-3H3,(H2,19,20,22). The number of aromatic nitrogens is 2. The van der Waals surface area contributed by atoms with Crippen molar-refractivity contribution in [3.05, 3.63) is 48.4 Å². The zero-order chi connectivity index (χ0) is 17.2. The summed E-state index contributed by atoms with van der Waals surface area (Å²) in [5.74, 6) is 1.46. The van der Waals surface area contributed by atoms with E-state index in [4.69, 9.17) is 4.74 Å². The molecule has 0 amide bonds. The molecule has 0 fully saturated rings. The van der Waals surface area contributed by atoms with Gasteiger partial charge in [0, 0.05) is 44.3 Å². The van der Waals surface area contributed by atoms with Crippen molar-refractivity contribution < 1.29 is 4.74 Å². The van der Waals surface area contributed by atoms with Crippen molar-refractivity contribution in [1.29, 1.82) is 0 Å². The SMILES string of the molecule is CCNC(=NCc1ccc(OC(C)C)nc1)NCCn1cccc1. The summed E-state index contributed by atoms with van der Waals surface area (Å²) >= 11 is 0. The second-order valence-electron chi connectivity index (χ2n) is 5.71. The Labute approximate surface area is 144 Å². The maximum absolute atomic E-state index is 5.55. The Morgan fingerprint density at radius 2 is 2.04 bits per heavy atom. The number of rotatable bonds is 8. The van der Waals surface area contributed by atoms with Crippen LogP contribution in [0.3, 0.4) is 0 Å². The minimum atomic E-state index is 0.131. The van der Waals surface area contributed by atoms with Gasteiger partial charge < -0.3 is 19.9 Å². The van der Waals surface area contributed by atoms with E-state index in [2.05, 4.69) is 44.5 Å². The molecule has 0 saturated carbocycles. The van der Waals surface area contributed by atoms with Gasteiger partial charge in [-0.1, -0.05) is 6.07 Å². The Morgan fingerprint density at radius 1 is 1.25 bits per heavy atom. The maximum Gasteiger partial charge on any atom is 0.213 e. The van der Waals surface area contributed by atoms with Gasteiger partial charge in [0.1, 0.15) is 0 Å². The molecule has 0 spiro atoms. The molecule has 0 aliphatic carbocycles. The lowest BCUT2D eigenvalue weighted by Crippen LogP contribution is -2.38. The molecule has 2 aromatic heterocycles. The number of hydrogen-bond donors (Lipinski definition) is 2. The van der Waals surface area contributed by atoms with Gasteiger partial charge in [-0.15, -0.1) is 0 Å². The van der Waals surface area contributed by atoms with E-state index in [1.807, 2.05) is 44.3 Å². The summed E-state index contributed by atoms with van der Waals surface area (Å²) in [7, 11) is 0. The molecule has 2 rings (SSSR count). The minimum absolute atomic E-state index is 0.131. The number of guanidine groups is 1. The molecular formula is C18H27N5O. The molecule has 0 aliphatic rings. The number of aliphatic imine (C=N–C) groups is 1. The number of ether oxygens (including phenoxy) is 1. The van der Waals surface area contributed by atoms with Crippen LogP contribution < -0.4 is 15.4 Å². The first-order valence-corrected chi connectivity index (χ1v) is 8.42. The van der Waals surface area contributed by atoms with Crippen LogP contribution in [0.2, 0.25) is 0 Å². The molecule has 2 aromatic rings. The second-order valence-corrected chi connectivity index (χ2v) is 5.71. The van der Waals surface area contributed by atoms with Crippen molar-refractivity contribution in [3.8, 4) is 5.88 Å². The van der Waals surface area contributed by atoms with Crippen LogP contribution in [0.5, 0.6) is 5.88 Å². The molecule has 24 heavy (non-hydrogen) atoms. The summed E-state index contributed by atoms with van der Waals surface area (Å²) in [5.41, 5.74) is 1.05. The predicted octanol–water partition coefficient (Wildman–Crippen LogP) is 2.43. The zero-order valence-electron chi connectivity index (χ0n) is 14.7. The van der Waals surface area contributed by atoms with E-state index in [1.165, 1.54) is 0 Å². The molecule has 0 atom stereocenters. The zero-order valence-corrected chi connectivity index (χ0v) is 14.7. The van der Waals surface area contributed by atoms with E-state index in [1.54, 1.807) is 0 Å². The van der Waals surface area contributed by atoms with Gasteiger partial charge in [-0.25, -0.2) is 9.98 Å². The Bertz CT molecular complexity index is 605. The summed E-state index contributed by atoms with van der Waals surface area (Å²) in [6.07, 6.45) is 6.05. The average Bonchev–Trinajstić information content (AvgIpc) is 3.07. The van der Waals surface area contributed by atoms with Crippen molar-refractivity contribution in [3.63, 3.8) is 0 Å². The highest BCUT2D eigenvalue weighted by Crippen LogP contribution is 2.10. The lowest BCUT2D eigenvalue weighted by atomic mass is 10.3. The summed E-state index contributed by atoms with van der Waals surface area (Å²) in [6, 6.07) is 7.94. The molecule has 0 aliphatic heterocycles. The fourth-order valence-electron chi connectivity index (χ4n) is 2.15. The van der Waals surface area contributed by atoms with Gasteiger partial charge in [-0.3, -0.25) is 0 Å². The molecule has 2 heterocycles. The largest absolute Gasteiger partial charge is 0.475 e. The molecule has 6 nitrogen and oxygen atoms in total. The second kappa shape index (κ2) is 9.60. The monoisotopic (exact) mass is 329 g/mol. The lowest BCUT2D eigenvalue weighted by Gasteiger charge is -2.12. The first-order valence-electron chi connectivity index (χ1n) is 8.42. The van der Waals surface area contributed by atoms with E-state index >= 15 is 0 Å². The first-order chi connectivity index (χ1) is 11.7. The van der Waals surface area contributed by atoms with E-state index in [-0.39, 0.29) is 6.10 Å². The first kappa shape index (κ1) is 17.8. The molecule has 130 valence electrons. The lowest BCUT2D eigenvalue weighted by molar-refractivity contribution is 0.232. The van der Waals surface area contributed by atoms with Crippen LogP contribution in [0, 0.1) is 0 Å². The highest BCUT2D eigenvalue weighted by Gasteiger charge is 2.01. The fourth-order valence-corrected chi connectivity index (χ4v) is 2.15. The third kappa shape index (κ3) is 6.32. The van der Waals surface area contributed by atoms with Gasteiger partial charge in [0.2, 0.25) is 5.88 Å². The Morgan fingerprint density at radius 3 is 2.67 bits per heavy atom. The highest BCUT2D eigenvalue weighted by atomic mass is 16.5. The van der Waals surface area contributed by atoms with Crippen LogP contribution in [-0.4, -0.2) is 34.7 Å². The van der Waals surface area contributed by atoms with Crippen LogP contribution in [0.15, 0.2) is 47.8 Å². The predicted molar refractivity (Wildman–Crippen MR) is 97.3 cm³/mol. The van der Waals surface area contributed by atoms with Gasteiger partial charge >= 0.3 is 0 Å². The van der Waals surface area contributed by atoms with Crippen molar-refractivity contribution in [2.24, 2.45) is 4.99 Å². The van der Waals surface area contributed by atoms with Gasteiger partial charge in [0.05, 0.1) is 12.6 Å². The summed E-state index contributed by atoms with van der Waals surface area (Å²) in [4.78, 5) is 8.90. The van der Waals surface area contributed by atoms with E-state index < -0.39 is 0 Å². The minimum Gasteiger partial charge on any atom is -0.475 e. The van der Waals surface area contributed by atoms with Crippen LogP contribution in [0.1, 0.15) is 26.3 Å². The Hall–Kier alpha value is -2.50. The number of nitrogens with one attached hydrogen (secondary N) is 2. The van der Waals surface area contributed by atoms with Crippen LogP contribution >= 0.6 is 0 Å². The molecule has 0 bridgehead atoms. The Kier molecular flexibility index (Phi) is 7.14. The van der Waals surface area contributed by atoms with E-state index in [9.17, 15) is 0 Å². The topological polar surface area (TPSA) is 63.5 Å². The van der Waals surface area contributed by atoms with Gasteiger partial charge in [0.15, 0.2) is 5.96 Å². The molecule has 0 unspecified atom stereocenters. The molecule has 0 radical (unpaired) electrons. The average molecular weight is 329 g/mol. The Balaban J connectivity index is 1.85. The van der Waals surface area contributed by atoms with Crippen LogP contribution in [-0.2, 0) is 13.1 Å². The summed E-state index contributed by atoms with van der Waals surface area (Å²) in [6.45, 7) is 9.16. The molecule has 0 aromatic carbocycles. The highest BCUT2D eigenvalue weighted by molar-refractivity contribution is 5.79.